The smallest absolute Gasteiger partial charge is 0.296 e. The van der Waals surface area contributed by atoms with Crippen molar-refractivity contribution in [3.63, 3.8) is 0 Å². The molecule has 2 aromatic heterocycles. The fraction of sp³-hybridized carbons (Fsp3) is 0.0625. The molecule has 10 heteroatoms. The molecule has 7 nitrogen and oxygen atoms in total. The second-order valence-corrected chi connectivity index (χ2v) is 8.71. The van der Waals surface area contributed by atoms with Gasteiger partial charge in [-0.25, -0.2) is 18.4 Å². The largest absolute Gasteiger partial charge is 0.456 e. The van der Waals surface area contributed by atoms with Gasteiger partial charge >= 0.3 is 0 Å². The first-order chi connectivity index (χ1) is 12.5. The highest BCUT2D eigenvalue weighted by Gasteiger charge is 2.18. The molecule has 2 heterocycles. The summed E-state index contributed by atoms with van der Waals surface area (Å²) in [4.78, 5) is 12.3. The molecule has 0 unspecified atom stereocenters. The molecule has 0 spiro atoms. The minimum Gasteiger partial charge on any atom is -0.456 e. The first kappa shape index (κ1) is 17.0. The summed E-state index contributed by atoms with van der Waals surface area (Å²) in [7, 11) is 1.30. The van der Waals surface area contributed by atoms with Crippen LogP contribution in [0.5, 0.6) is 5.88 Å². The van der Waals surface area contributed by atoms with Gasteiger partial charge in [-0.1, -0.05) is 35.6 Å². The third-order valence-electron chi connectivity index (χ3n) is 3.49. The van der Waals surface area contributed by atoms with E-state index < -0.39 is 14.2 Å². The highest BCUT2D eigenvalue weighted by Crippen LogP contribution is 2.27. The Bertz CT molecular complexity index is 1180. The molecule has 4 aromatic rings. The first-order valence-corrected chi connectivity index (χ1v) is 10.6. The van der Waals surface area contributed by atoms with Crippen LogP contribution in [0.15, 0.2) is 53.7 Å². The van der Waals surface area contributed by atoms with Crippen molar-refractivity contribution in [3.05, 3.63) is 48.5 Å². The molecule has 0 aliphatic rings. The maximum Gasteiger partial charge on any atom is 0.296 e. The summed E-state index contributed by atoms with van der Waals surface area (Å²) in [5.74, 6) is 0.128. The summed E-state index contributed by atoms with van der Waals surface area (Å²) in [6.45, 7) is 0.0581. The first-order valence-electron chi connectivity index (χ1n) is 7.44. The standard InChI is InChI=1S/C16H11ClN4O3S2/c17-26(22,23)16-20-11-6-2-1-5-10(11)14(21-16)24-9-18-15-19-12-7-3-4-8-13(12)25-15/h1-8H,9H2,(H,18,19). The zero-order valence-corrected chi connectivity index (χ0v) is 15.5. The molecule has 26 heavy (non-hydrogen) atoms. The minimum atomic E-state index is -4.07. The van der Waals surface area contributed by atoms with Gasteiger partial charge in [-0.15, -0.1) is 0 Å². The second-order valence-electron chi connectivity index (χ2n) is 5.22. The number of rotatable bonds is 5. The van der Waals surface area contributed by atoms with Crippen LogP contribution in [-0.4, -0.2) is 30.1 Å². The second kappa shape index (κ2) is 6.67. The van der Waals surface area contributed by atoms with Gasteiger partial charge in [-0.05, 0) is 24.3 Å². The van der Waals surface area contributed by atoms with E-state index in [1.165, 1.54) is 11.3 Å². The van der Waals surface area contributed by atoms with Crippen LogP contribution in [0.3, 0.4) is 0 Å². The molecule has 0 fully saturated rings. The lowest BCUT2D eigenvalue weighted by Gasteiger charge is -2.09. The number of nitrogens with zero attached hydrogens (tertiary/aromatic N) is 3. The van der Waals surface area contributed by atoms with Crippen LogP contribution in [0.25, 0.3) is 21.1 Å². The summed E-state index contributed by atoms with van der Waals surface area (Å²) in [6.07, 6.45) is 0. The van der Waals surface area contributed by atoms with Crippen molar-refractivity contribution < 1.29 is 13.2 Å². The Morgan fingerprint density at radius 2 is 1.73 bits per heavy atom. The van der Waals surface area contributed by atoms with Gasteiger partial charge in [0, 0.05) is 10.7 Å². The number of thiazole rings is 1. The van der Waals surface area contributed by atoms with E-state index in [4.69, 9.17) is 15.4 Å². The zero-order valence-electron chi connectivity index (χ0n) is 13.1. The third kappa shape index (κ3) is 3.41. The number of anilines is 1. The number of fused-ring (bicyclic) bond motifs is 2. The number of hydrogen-bond donors (Lipinski definition) is 1. The average molecular weight is 407 g/mol. The monoisotopic (exact) mass is 406 g/mol. The third-order valence-corrected chi connectivity index (χ3v) is 5.52. The fourth-order valence-corrected chi connectivity index (χ4v) is 3.81. The van der Waals surface area contributed by atoms with Crippen molar-refractivity contribution in [1.29, 1.82) is 0 Å². The van der Waals surface area contributed by atoms with Crippen LogP contribution < -0.4 is 10.1 Å². The molecule has 0 amide bonds. The van der Waals surface area contributed by atoms with Crippen LogP contribution in [-0.2, 0) is 9.05 Å². The van der Waals surface area contributed by atoms with Gasteiger partial charge in [0.1, 0.15) is 0 Å². The Hall–Kier alpha value is -2.49. The minimum absolute atomic E-state index is 0.0581. The molecule has 132 valence electrons. The van der Waals surface area contributed by atoms with E-state index in [0.717, 1.165) is 10.2 Å². The highest BCUT2D eigenvalue weighted by atomic mass is 35.7. The van der Waals surface area contributed by atoms with Gasteiger partial charge in [0.2, 0.25) is 5.88 Å². The van der Waals surface area contributed by atoms with Crippen LogP contribution >= 0.6 is 22.0 Å². The molecule has 0 saturated carbocycles. The molecular weight excluding hydrogens is 396 g/mol. The number of benzene rings is 2. The summed E-state index contributed by atoms with van der Waals surface area (Å²) >= 11 is 1.49. The maximum absolute atomic E-state index is 11.6. The Balaban J connectivity index is 1.60. The van der Waals surface area contributed by atoms with Gasteiger partial charge in [-0.3, -0.25) is 0 Å². The van der Waals surface area contributed by atoms with Gasteiger partial charge in [0.15, 0.2) is 11.9 Å². The summed E-state index contributed by atoms with van der Waals surface area (Å²) in [6, 6.07) is 14.7. The molecule has 0 saturated heterocycles. The number of ether oxygens (including phenoxy) is 1. The number of halogens is 1. The van der Waals surface area contributed by atoms with Crippen molar-refractivity contribution in [2.45, 2.75) is 5.16 Å². The van der Waals surface area contributed by atoms with E-state index >= 15 is 0 Å². The van der Waals surface area contributed by atoms with E-state index in [-0.39, 0.29) is 12.6 Å². The fourth-order valence-electron chi connectivity index (χ4n) is 2.36. The SMILES string of the molecule is O=S(=O)(Cl)c1nc(OCNc2nc3ccccc3s2)c2ccccc2n1. The van der Waals surface area contributed by atoms with Crippen molar-refractivity contribution in [1.82, 2.24) is 15.0 Å². The molecule has 0 bridgehead atoms. The Labute approximate surface area is 157 Å². The predicted octanol–water partition coefficient (Wildman–Crippen LogP) is 3.62. The van der Waals surface area contributed by atoms with Gasteiger partial charge in [0.05, 0.1) is 21.1 Å². The van der Waals surface area contributed by atoms with Crippen molar-refractivity contribution in [2.75, 3.05) is 12.0 Å². The van der Waals surface area contributed by atoms with Crippen LogP contribution in [0.2, 0.25) is 0 Å². The molecule has 0 aliphatic heterocycles. The van der Waals surface area contributed by atoms with Gasteiger partial charge in [0.25, 0.3) is 14.2 Å². The lowest BCUT2D eigenvalue weighted by Crippen LogP contribution is -2.11. The van der Waals surface area contributed by atoms with E-state index in [0.29, 0.717) is 16.0 Å². The van der Waals surface area contributed by atoms with Crippen LogP contribution in [0.4, 0.5) is 5.13 Å². The lowest BCUT2D eigenvalue weighted by atomic mass is 10.2. The molecule has 1 N–H and O–H groups in total. The average Bonchev–Trinajstić information content (AvgIpc) is 3.03. The molecule has 2 aromatic carbocycles. The molecule has 0 aliphatic carbocycles. The zero-order chi connectivity index (χ0) is 18.1. The number of hydrogen-bond acceptors (Lipinski definition) is 8. The van der Waals surface area contributed by atoms with Crippen LogP contribution in [0.1, 0.15) is 0 Å². The van der Waals surface area contributed by atoms with E-state index in [1.54, 1.807) is 24.3 Å². The van der Waals surface area contributed by atoms with Crippen molar-refractivity contribution in [2.24, 2.45) is 0 Å². The number of aromatic nitrogens is 3. The number of nitrogens with one attached hydrogen (secondary N) is 1. The molecule has 0 radical (unpaired) electrons. The quantitative estimate of drug-likeness (QED) is 0.307. The summed E-state index contributed by atoms with van der Waals surface area (Å²) < 4.78 is 29.9. The van der Waals surface area contributed by atoms with Crippen LogP contribution in [0, 0.1) is 0 Å². The topological polar surface area (TPSA) is 94.1 Å². The summed E-state index contributed by atoms with van der Waals surface area (Å²) in [5.41, 5.74) is 1.32. The van der Waals surface area contributed by atoms with Crippen molar-refractivity contribution in [3.8, 4) is 5.88 Å². The maximum atomic E-state index is 11.6. The van der Waals surface area contributed by atoms with E-state index in [2.05, 4.69) is 20.3 Å². The molecular formula is C16H11ClN4O3S2. The van der Waals surface area contributed by atoms with Crippen molar-refractivity contribution >= 4 is 57.3 Å². The Morgan fingerprint density at radius 3 is 2.50 bits per heavy atom. The van der Waals surface area contributed by atoms with Gasteiger partial charge in [-0.2, -0.15) is 4.98 Å². The van der Waals surface area contributed by atoms with Gasteiger partial charge < -0.3 is 10.1 Å². The number of para-hydroxylation sites is 2. The summed E-state index contributed by atoms with van der Waals surface area (Å²) in [5, 5.41) is 3.83. The molecule has 0 atom stereocenters. The molecule has 4 rings (SSSR count). The Morgan fingerprint density at radius 1 is 1.00 bits per heavy atom. The van der Waals surface area contributed by atoms with E-state index in [1.807, 2.05) is 24.3 Å². The highest BCUT2D eigenvalue weighted by molar-refractivity contribution is 8.13. The Kier molecular flexibility index (Phi) is 4.35. The normalized spacial score (nSPS) is 11.7. The lowest BCUT2D eigenvalue weighted by molar-refractivity contribution is 0.334. The van der Waals surface area contributed by atoms with E-state index in [9.17, 15) is 8.42 Å². The predicted molar refractivity (Wildman–Crippen MR) is 101 cm³/mol.